The van der Waals surface area contributed by atoms with E-state index in [1.54, 1.807) is 11.8 Å². The first-order chi connectivity index (χ1) is 11.8. The standard InChI is InChI=1S/C20H34O4S/c1-6-11-24-19(22)20(4,5)14-25-13-12-23-18(21)17-9-7-16(8-10-17)15(2)3/h16-17H,2,6-14H2,1,3-5H3. The Hall–Kier alpha value is -0.970. The molecule has 144 valence electrons. The Labute approximate surface area is 157 Å². The monoisotopic (exact) mass is 370 g/mol. The van der Waals surface area contributed by atoms with E-state index in [2.05, 4.69) is 13.5 Å². The van der Waals surface area contributed by atoms with Gasteiger partial charge in [0.05, 0.1) is 17.9 Å². The van der Waals surface area contributed by atoms with Crippen molar-refractivity contribution in [3.8, 4) is 0 Å². The molecule has 0 spiro atoms. The molecule has 1 aliphatic rings. The van der Waals surface area contributed by atoms with Gasteiger partial charge in [0, 0.05) is 11.5 Å². The quantitative estimate of drug-likeness (QED) is 0.319. The van der Waals surface area contributed by atoms with Crippen molar-refractivity contribution >= 4 is 23.7 Å². The topological polar surface area (TPSA) is 52.6 Å². The molecular weight excluding hydrogens is 336 g/mol. The maximum absolute atomic E-state index is 12.1. The Balaban J connectivity index is 2.18. The summed E-state index contributed by atoms with van der Waals surface area (Å²) in [6.07, 6.45) is 4.72. The molecule has 5 heteroatoms. The lowest BCUT2D eigenvalue weighted by Gasteiger charge is -2.27. The molecule has 0 heterocycles. The van der Waals surface area contributed by atoms with Crippen LogP contribution in [0.5, 0.6) is 0 Å². The molecular formula is C20H34O4S. The fourth-order valence-corrected chi connectivity index (χ4v) is 3.89. The number of rotatable bonds is 10. The zero-order valence-corrected chi connectivity index (χ0v) is 17.1. The first-order valence-corrected chi connectivity index (χ1v) is 10.5. The molecule has 1 aliphatic carbocycles. The zero-order valence-electron chi connectivity index (χ0n) is 16.3. The molecule has 0 aliphatic heterocycles. The van der Waals surface area contributed by atoms with Gasteiger partial charge in [-0.1, -0.05) is 19.1 Å². The summed E-state index contributed by atoms with van der Waals surface area (Å²) in [6, 6.07) is 0. The minimum absolute atomic E-state index is 0.0427. The predicted molar refractivity (Wildman–Crippen MR) is 104 cm³/mol. The second-order valence-corrected chi connectivity index (χ2v) is 8.74. The summed E-state index contributed by atoms with van der Waals surface area (Å²) in [4.78, 5) is 24.1. The summed E-state index contributed by atoms with van der Waals surface area (Å²) in [7, 11) is 0. The van der Waals surface area contributed by atoms with E-state index < -0.39 is 5.41 Å². The molecule has 0 aromatic heterocycles. The number of thioether (sulfide) groups is 1. The van der Waals surface area contributed by atoms with Crippen molar-refractivity contribution in [1.29, 1.82) is 0 Å². The summed E-state index contributed by atoms with van der Waals surface area (Å²) in [6.45, 7) is 12.7. The number of carbonyl (C=O) groups is 2. The third-order valence-corrected chi connectivity index (χ3v) is 6.06. The van der Waals surface area contributed by atoms with Crippen LogP contribution < -0.4 is 0 Å². The summed E-state index contributed by atoms with van der Waals surface area (Å²) in [5, 5.41) is 0. The highest BCUT2D eigenvalue weighted by Crippen LogP contribution is 2.33. The van der Waals surface area contributed by atoms with Crippen LogP contribution in [-0.4, -0.2) is 36.7 Å². The highest BCUT2D eigenvalue weighted by atomic mass is 32.2. The first-order valence-electron chi connectivity index (χ1n) is 9.35. The second-order valence-electron chi connectivity index (χ2n) is 7.63. The van der Waals surface area contributed by atoms with Crippen LogP contribution in [0, 0.1) is 17.3 Å². The van der Waals surface area contributed by atoms with Gasteiger partial charge in [0.15, 0.2) is 0 Å². The second kappa shape index (κ2) is 10.9. The summed E-state index contributed by atoms with van der Waals surface area (Å²) in [5.41, 5.74) is 0.716. The molecule has 0 amide bonds. The van der Waals surface area contributed by atoms with Crippen LogP contribution in [-0.2, 0) is 19.1 Å². The van der Waals surface area contributed by atoms with Gasteiger partial charge in [0.25, 0.3) is 0 Å². The number of hydrogen-bond donors (Lipinski definition) is 0. The van der Waals surface area contributed by atoms with Crippen LogP contribution in [0.15, 0.2) is 12.2 Å². The van der Waals surface area contributed by atoms with E-state index >= 15 is 0 Å². The Kier molecular flexibility index (Phi) is 9.62. The van der Waals surface area contributed by atoms with E-state index in [-0.39, 0.29) is 17.9 Å². The van der Waals surface area contributed by atoms with Gasteiger partial charge in [0.1, 0.15) is 6.61 Å². The third kappa shape index (κ3) is 7.85. The molecule has 0 bridgehead atoms. The molecule has 0 atom stereocenters. The predicted octanol–water partition coefficient (Wildman–Crippen LogP) is 4.62. The number of hydrogen-bond acceptors (Lipinski definition) is 5. The van der Waals surface area contributed by atoms with E-state index in [0.717, 1.165) is 32.1 Å². The van der Waals surface area contributed by atoms with Gasteiger partial charge in [-0.2, -0.15) is 11.8 Å². The average Bonchev–Trinajstić information content (AvgIpc) is 2.59. The molecule has 0 aromatic carbocycles. The van der Waals surface area contributed by atoms with E-state index in [0.29, 0.717) is 30.6 Å². The maximum atomic E-state index is 12.1. The van der Waals surface area contributed by atoms with E-state index in [9.17, 15) is 9.59 Å². The Morgan fingerprint density at radius 3 is 2.24 bits per heavy atom. The van der Waals surface area contributed by atoms with Gasteiger partial charge < -0.3 is 9.47 Å². The lowest BCUT2D eigenvalue weighted by atomic mass is 9.79. The van der Waals surface area contributed by atoms with Crippen molar-refractivity contribution in [2.24, 2.45) is 17.3 Å². The largest absolute Gasteiger partial charge is 0.465 e. The van der Waals surface area contributed by atoms with Crippen LogP contribution in [0.4, 0.5) is 0 Å². The lowest BCUT2D eigenvalue weighted by Crippen LogP contribution is -2.29. The number of allylic oxidation sites excluding steroid dienone is 1. The van der Waals surface area contributed by atoms with Crippen molar-refractivity contribution < 1.29 is 19.1 Å². The van der Waals surface area contributed by atoms with E-state index in [4.69, 9.17) is 9.47 Å². The highest BCUT2D eigenvalue weighted by Gasteiger charge is 2.30. The van der Waals surface area contributed by atoms with Crippen molar-refractivity contribution in [2.75, 3.05) is 24.7 Å². The molecule has 0 aromatic rings. The van der Waals surface area contributed by atoms with E-state index in [1.807, 2.05) is 20.8 Å². The zero-order chi connectivity index (χ0) is 18.9. The molecule has 25 heavy (non-hydrogen) atoms. The van der Waals surface area contributed by atoms with Crippen LogP contribution in [0.3, 0.4) is 0 Å². The highest BCUT2D eigenvalue weighted by molar-refractivity contribution is 7.99. The Morgan fingerprint density at radius 2 is 1.68 bits per heavy atom. The van der Waals surface area contributed by atoms with Gasteiger partial charge in [-0.15, -0.1) is 0 Å². The van der Waals surface area contributed by atoms with E-state index in [1.165, 1.54) is 5.57 Å². The first kappa shape index (κ1) is 22.1. The van der Waals surface area contributed by atoms with Crippen LogP contribution in [0.1, 0.15) is 59.8 Å². The molecule has 1 fully saturated rings. The molecule has 1 rings (SSSR count). The van der Waals surface area contributed by atoms with Gasteiger partial charge in [-0.05, 0) is 58.8 Å². The minimum Gasteiger partial charge on any atom is -0.465 e. The molecule has 0 radical (unpaired) electrons. The van der Waals surface area contributed by atoms with Crippen LogP contribution >= 0.6 is 11.8 Å². The fourth-order valence-electron chi connectivity index (χ4n) is 2.92. The number of carbonyl (C=O) groups excluding carboxylic acids is 2. The van der Waals surface area contributed by atoms with Crippen LogP contribution in [0.25, 0.3) is 0 Å². The maximum Gasteiger partial charge on any atom is 0.312 e. The van der Waals surface area contributed by atoms with Crippen molar-refractivity contribution in [3.63, 3.8) is 0 Å². The lowest BCUT2D eigenvalue weighted by molar-refractivity contribution is -0.152. The summed E-state index contributed by atoms with van der Waals surface area (Å²) < 4.78 is 10.6. The Bertz CT molecular complexity index is 451. The molecule has 4 nitrogen and oxygen atoms in total. The number of esters is 2. The van der Waals surface area contributed by atoms with Gasteiger partial charge in [-0.25, -0.2) is 0 Å². The van der Waals surface area contributed by atoms with Gasteiger partial charge in [0.2, 0.25) is 0 Å². The normalized spacial score (nSPS) is 20.8. The third-order valence-electron chi connectivity index (χ3n) is 4.68. The molecule has 0 saturated heterocycles. The average molecular weight is 371 g/mol. The number of ether oxygens (including phenoxy) is 2. The molecule has 1 saturated carbocycles. The minimum atomic E-state index is -0.509. The van der Waals surface area contributed by atoms with Crippen molar-refractivity contribution in [3.05, 3.63) is 12.2 Å². The Morgan fingerprint density at radius 1 is 1.08 bits per heavy atom. The van der Waals surface area contributed by atoms with Crippen molar-refractivity contribution in [1.82, 2.24) is 0 Å². The van der Waals surface area contributed by atoms with Crippen LogP contribution in [0.2, 0.25) is 0 Å². The fraction of sp³-hybridized carbons (Fsp3) is 0.800. The summed E-state index contributed by atoms with van der Waals surface area (Å²) >= 11 is 1.63. The van der Waals surface area contributed by atoms with Crippen molar-refractivity contribution in [2.45, 2.75) is 59.8 Å². The van der Waals surface area contributed by atoms with Gasteiger partial charge in [-0.3, -0.25) is 9.59 Å². The molecule has 0 unspecified atom stereocenters. The molecule has 0 N–H and O–H groups in total. The summed E-state index contributed by atoms with van der Waals surface area (Å²) in [5.74, 6) is 1.75. The smallest absolute Gasteiger partial charge is 0.312 e. The van der Waals surface area contributed by atoms with Gasteiger partial charge >= 0.3 is 11.9 Å². The SMILES string of the molecule is C=C(C)C1CCC(C(=O)OCCSCC(C)(C)C(=O)OCCC)CC1.